The first-order chi connectivity index (χ1) is 18.5. The van der Waals surface area contributed by atoms with E-state index in [1.54, 1.807) is 12.4 Å². The van der Waals surface area contributed by atoms with Crippen LogP contribution in [0.25, 0.3) is 0 Å². The summed E-state index contributed by atoms with van der Waals surface area (Å²) >= 11 is 0. The van der Waals surface area contributed by atoms with Crippen molar-refractivity contribution >= 4 is 17.8 Å². The second kappa shape index (κ2) is 9.19. The Morgan fingerprint density at radius 2 is 1.50 bits per heavy atom. The van der Waals surface area contributed by atoms with E-state index in [0.29, 0.717) is 28.1 Å². The number of halogens is 1. The molecule has 0 radical (unpaired) electrons. The monoisotopic (exact) mass is 506 g/mol. The fourth-order valence-electron chi connectivity index (χ4n) is 5.10. The van der Waals surface area contributed by atoms with Crippen LogP contribution in [-0.2, 0) is 30.0 Å². The highest BCUT2D eigenvalue weighted by Gasteiger charge is 2.52. The molecule has 0 atom stereocenters. The predicted molar refractivity (Wildman–Crippen MR) is 137 cm³/mol. The number of guanidine groups is 1. The van der Waals surface area contributed by atoms with Crippen LogP contribution in [0.2, 0.25) is 0 Å². The standard InChI is InChI=1S/C29H23FN6O2/c30-23-12-11-19(15-22(23)26(37)35-17-24-25(18-35)33-14-13-32-24)16-36-27(38)29(34-28(36)31,20-7-3-1-4-8-20)21-9-5-2-6-10-21/h1-15H,16-18H2,(H2,31,34). The van der Waals surface area contributed by atoms with Crippen molar-refractivity contribution in [2.45, 2.75) is 25.2 Å². The van der Waals surface area contributed by atoms with Gasteiger partial charge >= 0.3 is 0 Å². The van der Waals surface area contributed by atoms with Crippen molar-refractivity contribution in [2.24, 2.45) is 0 Å². The van der Waals surface area contributed by atoms with Crippen LogP contribution in [0.1, 0.15) is 38.4 Å². The molecule has 188 valence electrons. The number of aromatic nitrogens is 2. The van der Waals surface area contributed by atoms with Crippen molar-refractivity contribution in [1.29, 1.82) is 5.41 Å². The van der Waals surface area contributed by atoms with Crippen LogP contribution < -0.4 is 5.32 Å². The Morgan fingerprint density at radius 3 is 2.08 bits per heavy atom. The molecule has 0 bridgehead atoms. The summed E-state index contributed by atoms with van der Waals surface area (Å²) in [5.41, 5.74) is 1.94. The van der Waals surface area contributed by atoms with E-state index in [2.05, 4.69) is 15.3 Å². The normalized spacial score (nSPS) is 15.9. The molecule has 2 N–H and O–H groups in total. The van der Waals surface area contributed by atoms with Crippen LogP contribution >= 0.6 is 0 Å². The number of rotatable bonds is 5. The zero-order valence-electron chi connectivity index (χ0n) is 20.3. The summed E-state index contributed by atoms with van der Waals surface area (Å²) in [6.45, 7) is 0.499. The second-order valence-electron chi connectivity index (χ2n) is 9.27. The summed E-state index contributed by atoms with van der Waals surface area (Å²) in [5, 5.41) is 11.8. The third kappa shape index (κ3) is 3.80. The van der Waals surface area contributed by atoms with Gasteiger partial charge in [0, 0.05) is 12.4 Å². The van der Waals surface area contributed by atoms with Gasteiger partial charge < -0.3 is 10.2 Å². The molecular formula is C29H23FN6O2. The van der Waals surface area contributed by atoms with Crippen molar-refractivity contribution in [3.8, 4) is 0 Å². The Bertz CT molecular complexity index is 1500. The maximum Gasteiger partial charge on any atom is 0.264 e. The molecule has 0 unspecified atom stereocenters. The number of nitrogens with zero attached hydrogens (tertiary/aromatic N) is 4. The van der Waals surface area contributed by atoms with Gasteiger partial charge in [0.15, 0.2) is 11.5 Å². The predicted octanol–water partition coefficient (Wildman–Crippen LogP) is 3.58. The minimum absolute atomic E-state index is 0.00399. The minimum Gasteiger partial charge on any atom is -0.334 e. The lowest BCUT2D eigenvalue weighted by Gasteiger charge is -2.28. The molecule has 3 heterocycles. The Balaban J connectivity index is 1.30. The zero-order chi connectivity index (χ0) is 26.3. The molecule has 8 nitrogen and oxygen atoms in total. The average molecular weight is 507 g/mol. The molecule has 2 aliphatic heterocycles. The lowest BCUT2D eigenvalue weighted by molar-refractivity contribution is -0.130. The van der Waals surface area contributed by atoms with Crippen molar-refractivity contribution in [1.82, 2.24) is 25.1 Å². The highest BCUT2D eigenvalue weighted by atomic mass is 19.1. The van der Waals surface area contributed by atoms with Crippen LogP contribution in [0.15, 0.2) is 91.3 Å². The highest BCUT2D eigenvalue weighted by Crippen LogP contribution is 2.36. The molecule has 3 aromatic carbocycles. The quantitative estimate of drug-likeness (QED) is 0.431. The van der Waals surface area contributed by atoms with Crippen molar-refractivity contribution in [3.05, 3.63) is 131 Å². The number of carbonyl (C=O) groups is 2. The van der Waals surface area contributed by atoms with Gasteiger partial charge in [0.1, 0.15) is 5.82 Å². The first kappa shape index (κ1) is 23.5. The summed E-state index contributed by atoms with van der Waals surface area (Å²) in [4.78, 5) is 38.6. The molecule has 4 aromatic rings. The molecule has 1 aromatic heterocycles. The Hall–Kier alpha value is -4.92. The number of fused-ring (bicyclic) bond motifs is 1. The van der Waals surface area contributed by atoms with Gasteiger partial charge in [0.05, 0.1) is 36.6 Å². The average Bonchev–Trinajstić information content (AvgIpc) is 3.50. The molecule has 0 spiro atoms. The van der Waals surface area contributed by atoms with Crippen molar-refractivity contribution in [2.75, 3.05) is 0 Å². The van der Waals surface area contributed by atoms with E-state index in [1.165, 1.54) is 28.0 Å². The second-order valence-corrected chi connectivity index (χ2v) is 9.27. The van der Waals surface area contributed by atoms with E-state index >= 15 is 0 Å². The van der Waals surface area contributed by atoms with E-state index in [4.69, 9.17) is 5.41 Å². The van der Waals surface area contributed by atoms with Crippen LogP contribution in [0.3, 0.4) is 0 Å². The zero-order valence-corrected chi connectivity index (χ0v) is 20.3. The summed E-state index contributed by atoms with van der Waals surface area (Å²) < 4.78 is 14.8. The summed E-state index contributed by atoms with van der Waals surface area (Å²) in [7, 11) is 0. The molecule has 1 fully saturated rings. The Labute approximate surface area is 218 Å². The van der Waals surface area contributed by atoms with Gasteiger partial charge in [-0.3, -0.25) is 29.9 Å². The van der Waals surface area contributed by atoms with Gasteiger partial charge in [-0.25, -0.2) is 4.39 Å². The summed E-state index contributed by atoms with van der Waals surface area (Å²) in [5.74, 6) is -1.54. The molecule has 0 saturated carbocycles. The van der Waals surface area contributed by atoms with Crippen LogP contribution in [0, 0.1) is 11.2 Å². The highest BCUT2D eigenvalue weighted by molar-refractivity contribution is 6.10. The fraction of sp³-hybridized carbons (Fsp3) is 0.138. The minimum atomic E-state index is -1.28. The first-order valence-electron chi connectivity index (χ1n) is 12.1. The van der Waals surface area contributed by atoms with E-state index in [9.17, 15) is 14.0 Å². The summed E-state index contributed by atoms with van der Waals surface area (Å²) in [6.07, 6.45) is 3.13. The van der Waals surface area contributed by atoms with E-state index < -0.39 is 17.3 Å². The largest absolute Gasteiger partial charge is 0.334 e. The third-order valence-corrected chi connectivity index (χ3v) is 6.99. The molecule has 0 aliphatic carbocycles. The maximum absolute atomic E-state index is 14.8. The van der Waals surface area contributed by atoms with E-state index in [0.717, 1.165) is 0 Å². The molecule has 1 saturated heterocycles. The molecule has 2 aliphatic rings. The molecule has 9 heteroatoms. The van der Waals surface area contributed by atoms with Gasteiger partial charge in [-0.05, 0) is 28.8 Å². The first-order valence-corrected chi connectivity index (χ1v) is 12.1. The lowest BCUT2D eigenvalue weighted by atomic mass is 9.82. The molecular weight excluding hydrogens is 483 g/mol. The number of hydrogen-bond acceptors (Lipinski definition) is 5. The summed E-state index contributed by atoms with van der Waals surface area (Å²) in [6, 6.07) is 22.7. The number of benzene rings is 3. The van der Waals surface area contributed by atoms with Crippen molar-refractivity contribution < 1.29 is 14.0 Å². The van der Waals surface area contributed by atoms with Gasteiger partial charge in [0.25, 0.3) is 11.8 Å². The maximum atomic E-state index is 14.8. The lowest BCUT2D eigenvalue weighted by Crippen LogP contribution is -2.45. The molecule has 2 amide bonds. The number of amides is 2. The van der Waals surface area contributed by atoms with Crippen LogP contribution in [0.5, 0.6) is 0 Å². The molecule has 6 rings (SSSR count). The number of hydrogen-bond donors (Lipinski definition) is 2. The van der Waals surface area contributed by atoms with E-state index in [1.807, 2.05) is 60.7 Å². The third-order valence-electron chi connectivity index (χ3n) is 6.99. The van der Waals surface area contributed by atoms with Gasteiger partial charge in [0.2, 0.25) is 0 Å². The smallest absolute Gasteiger partial charge is 0.264 e. The van der Waals surface area contributed by atoms with Gasteiger partial charge in [-0.2, -0.15) is 0 Å². The van der Waals surface area contributed by atoms with Gasteiger partial charge in [-0.15, -0.1) is 0 Å². The number of nitrogens with one attached hydrogen (secondary N) is 2. The Morgan fingerprint density at radius 1 is 0.921 bits per heavy atom. The van der Waals surface area contributed by atoms with Crippen LogP contribution in [0.4, 0.5) is 4.39 Å². The SMILES string of the molecule is N=C1NC(c2ccccc2)(c2ccccc2)C(=O)N1Cc1ccc(F)c(C(=O)N2Cc3nccnc3C2)c1. The fourth-order valence-corrected chi connectivity index (χ4v) is 5.10. The van der Waals surface area contributed by atoms with Crippen molar-refractivity contribution in [3.63, 3.8) is 0 Å². The molecule has 38 heavy (non-hydrogen) atoms. The van der Waals surface area contributed by atoms with Gasteiger partial charge in [-0.1, -0.05) is 66.7 Å². The topological polar surface area (TPSA) is 102 Å². The number of carbonyl (C=O) groups excluding carboxylic acids is 2. The van der Waals surface area contributed by atoms with Crippen LogP contribution in [-0.4, -0.2) is 37.5 Å². The Kier molecular flexibility index (Phi) is 5.68. The van der Waals surface area contributed by atoms with E-state index in [-0.39, 0.29) is 37.1 Å².